The van der Waals surface area contributed by atoms with Crippen molar-refractivity contribution < 1.29 is 14.7 Å². The smallest absolute Gasteiger partial charge is 0.324 e. The van der Waals surface area contributed by atoms with Gasteiger partial charge in [0.2, 0.25) is 5.91 Å². The van der Waals surface area contributed by atoms with Crippen molar-refractivity contribution in [2.45, 2.75) is 38.1 Å². The standard InChI is InChI=1S/C12H22N2O3/c1-4-12(11(16)17)7-5-8-14(12)9-6-10(15)13(2)3/h4-9H2,1-3H3,(H,16,17). The molecule has 1 fully saturated rings. The number of carboxylic acid groups (broad SMARTS) is 1. The van der Waals surface area contributed by atoms with E-state index in [1.807, 2.05) is 11.8 Å². The lowest BCUT2D eigenvalue weighted by Crippen LogP contribution is -2.50. The molecular formula is C12H22N2O3. The Kier molecular flexibility index (Phi) is 4.51. The van der Waals surface area contributed by atoms with Gasteiger partial charge >= 0.3 is 5.97 Å². The second-order valence-corrected chi connectivity index (χ2v) is 4.82. The van der Waals surface area contributed by atoms with E-state index in [9.17, 15) is 14.7 Å². The van der Waals surface area contributed by atoms with Gasteiger partial charge < -0.3 is 10.0 Å². The molecule has 1 heterocycles. The summed E-state index contributed by atoms with van der Waals surface area (Å²) < 4.78 is 0. The van der Waals surface area contributed by atoms with Crippen LogP contribution in [0.3, 0.4) is 0 Å². The normalized spacial score (nSPS) is 24.9. The minimum atomic E-state index is -0.755. The van der Waals surface area contributed by atoms with Crippen molar-refractivity contribution in [1.29, 1.82) is 0 Å². The lowest BCUT2D eigenvalue weighted by Gasteiger charge is -2.33. The molecule has 0 bridgehead atoms. The Morgan fingerprint density at radius 3 is 2.53 bits per heavy atom. The molecule has 0 aromatic heterocycles. The maximum absolute atomic E-state index is 11.5. The molecule has 1 amide bonds. The molecule has 1 saturated heterocycles. The molecule has 0 saturated carbocycles. The lowest BCUT2D eigenvalue weighted by atomic mass is 9.93. The number of hydrogen-bond donors (Lipinski definition) is 1. The van der Waals surface area contributed by atoms with Crippen molar-refractivity contribution in [2.75, 3.05) is 27.2 Å². The molecule has 1 N–H and O–H groups in total. The number of amides is 1. The first kappa shape index (κ1) is 14.0. The molecule has 1 rings (SSSR count). The highest BCUT2D eigenvalue weighted by Gasteiger charge is 2.45. The molecule has 0 radical (unpaired) electrons. The van der Waals surface area contributed by atoms with Crippen molar-refractivity contribution >= 4 is 11.9 Å². The van der Waals surface area contributed by atoms with Gasteiger partial charge in [-0.2, -0.15) is 0 Å². The first-order valence-electron chi connectivity index (χ1n) is 6.12. The average Bonchev–Trinajstić information content (AvgIpc) is 2.69. The Morgan fingerprint density at radius 2 is 2.06 bits per heavy atom. The number of carbonyl (C=O) groups excluding carboxylic acids is 1. The van der Waals surface area contributed by atoms with Gasteiger partial charge in [-0.05, 0) is 25.8 Å². The highest BCUT2D eigenvalue weighted by atomic mass is 16.4. The molecule has 5 heteroatoms. The first-order valence-corrected chi connectivity index (χ1v) is 6.12. The quantitative estimate of drug-likeness (QED) is 0.774. The number of carbonyl (C=O) groups is 2. The van der Waals surface area contributed by atoms with Crippen molar-refractivity contribution in [1.82, 2.24) is 9.80 Å². The number of likely N-dealkylation sites (tertiary alicyclic amines) is 1. The summed E-state index contributed by atoms with van der Waals surface area (Å²) in [6.45, 7) is 3.22. The summed E-state index contributed by atoms with van der Waals surface area (Å²) in [6, 6.07) is 0. The molecule has 98 valence electrons. The zero-order valence-electron chi connectivity index (χ0n) is 10.9. The molecule has 0 spiro atoms. The Morgan fingerprint density at radius 1 is 1.41 bits per heavy atom. The topological polar surface area (TPSA) is 60.9 Å². The van der Waals surface area contributed by atoms with Crippen LogP contribution < -0.4 is 0 Å². The molecule has 1 unspecified atom stereocenters. The van der Waals surface area contributed by atoms with Crippen LogP contribution in [0.4, 0.5) is 0 Å². The molecule has 5 nitrogen and oxygen atoms in total. The minimum Gasteiger partial charge on any atom is -0.480 e. The van der Waals surface area contributed by atoms with Crippen molar-refractivity contribution in [2.24, 2.45) is 0 Å². The number of nitrogens with zero attached hydrogens (tertiary/aromatic N) is 2. The van der Waals surface area contributed by atoms with Crippen LogP contribution in [0.2, 0.25) is 0 Å². The van der Waals surface area contributed by atoms with E-state index in [1.54, 1.807) is 19.0 Å². The van der Waals surface area contributed by atoms with E-state index >= 15 is 0 Å². The van der Waals surface area contributed by atoms with Crippen LogP contribution in [0.5, 0.6) is 0 Å². The molecule has 0 aromatic carbocycles. The van der Waals surface area contributed by atoms with Gasteiger partial charge in [0.1, 0.15) is 5.54 Å². The predicted molar refractivity (Wildman–Crippen MR) is 64.8 cm³/mol. The largest absolute Gasteiger partial charge is 0.480 e. The van der Waals surface area contributed by atoms with Gasteiger partial charge in [-0.3, -0.25) is 14.5 Å². The molecule has 1 aliphatic rings. The van der Waals surface area contributed by atoms with Crippen LogP contribution in [-0.2, 0) is 9.59 Å². The minimum absolute atomic E-state index is 0.0484. The summed E-state index contributed by atoms with van der Waals surface area (Å²) in [5, 5.41) is 9.37. The fraction of sp³-hybridized carbons (Fsp3) is 0.833. The number of carboxylic acids is 1. The van der Waals surface area contributed by atoms with E-state index in [0.717, 1.165) is 13.0 Å². The van der Waals surface area contributed by atoms with Crippen LogP contribution in [0, 0.1) is 0 Å². The van der Waals surface area contributed by atoms with E-state index in [4.69, 9.17) is 0 Å². The van der Waals surface area contributed by atoms with E-state index in [-0.39, 0.29) is 5.91 Å². The predicted octanol–water partition coefficient (Wildman–Crippen LogP) is 0.794. The summed E-state index contributed by atoms with van der Waals surface area (Å²) in [7, 11) is 3.44. The third-order valence-electron chi connectivity index (χ3n) is 3.70. The molecule has 0 aliphatic carbocycles. The van der Waals surface area contributed by atoms with Crippen LogP contribution in [0.25, 0.3) is 0 Å². The zero-order valence-corrected chi connectivity index (χ0v) is 10.9. The molecular weight excluding hydrogens is 220 g/mol. The van der Waals surface area contributed by atoms with E-state index in [1.165, 1.54) is 0 Å². The Labute approximate surface area is 102 Å². The van der Waals surface area contributed by atoms with Crippen LogP contribution in [0.15, 0.2) is 0 Å². The monoisotopic (exact) mass is 242 g/mol. The van der Waals surface area contributed by atoms with Gasteiger partial charge in [0.25, 0.3) is 0 Å². The molecule has 1 atom stereocenters. The van der Waals surface area contributed by atoms with Crippen LogP contribution >= 0.6 is 0 Å². The van der Waals surface area contributed by atoms with Gasteiger partial charge in [-0.25, -0.2) is 0 Å². The third-order valence-corrected chi connectivity index (χ3v) is 3.70. The lowest BCUT2D eigenvalue weighted by molar-refractivity contribution is -0.150. The second kappa shape index (κ2) is 5.49. The first-order chi connectivity index (χ1) is 7.94. The Bertz CT molecular complexity index is 304. The number of hydrogen-bond acceptors (Lipinski definition) is 3. The highest BCUT2D eigenvalue weighted by molar-refractivity contribution is 5.79. The highest BCUT2D eigenvalue weighted by Crippen LogP contribution is 2.32. The summed E-state index contributed by atoms with van der Waals surface area (Å²) >= 11 is 0. The van der Waals surface area contributed by atoms with E-state index in [2.05, 4.69) is 0 Å². The number of aliphatic carboxylic acids is 1. The maximum atomic E-state index is 11.5. The van der Waals surface area contributed by atoms with E-state index < -0.39 is 11.5 Å². The summed E-state index contributed by atoms with van der Waals surface area (Å²) in [5.74, 6) is -0.706. The molecule has 0 aromatic rings. The SMILES string of the molecule is CCC1(C(=O)O)CCCN1CCC(=O)N(C)C. The van der Waals surface area contributed by atoms with Crippen LogP contribution in [0.1, 0.15) is 32.6 Å². The van der Waals surface area contributed by atoms with Gasteiger partial charge in [0.05, 0.1) is 0 Å². The van der Waals surface area contributed by atoms with Crippen molar-refractivity contribution in [3.05, 3.63) is 0 Å². The van der Waals surface area contributed by atoms with Crippen molar-refractivity contribution in [3.8, 4) is 0 Å². The zero-order chi connectivity index (χ0) is 13.1. The Balaban J connectivity index is 2.64. The van der Waals surface area contributed by atoms with Gasteiger partial charge in [-0.1, -0.05) is 6.92 Å². The molecule has 17 heavy (non-hydrogen) atoms. The fourth-order valence-electron chi connectivity index (χ4n) is 2.51. The fourth-order valence-corrected chi connectivity index (χ4v) is 2.51. The third kappa shape index (κ3) is 2.77. The average molecular weight is 242 g/mol. The maximum Gasteiger partial charge on any atom is 0.324 e. The summed E-state index contributed by atoms with van der Waals surface area (Å²) in [5.41, 5.74) is -0.743. The van der Waals surface area contributed by atoms with Gasteiger partial charge in [0, 0.05) is 27.1 Å². The Hall–Kier alpha value is -1.10. The van der Waals surface area contributed by atoms with Gasteiger partial charge in [0.15, 0.2) is 0 Å². The van der Waals surface area contributed by atoms with Crippen molar-refractivity contribution in [3.63, 3.8) is 0 Å². The summed E-state index contributed by atoms with van der Waals surface area (Å²) in [6.07, 6.45) is 2.58. The van der Waals surface area contributed by atoms with Gasteiger partial charge in [-0.15, -0.1) is 0 Å². The molecule has 1 aliphatic heterocycles. The summed E-state index contributed by atoms with van der Waals surface area (Å²) in [4.78, 5) is 26.4. The number of rotatable bonds is 5. The second-order valence-electron chi connectivity index (χ2n) is 4.82. The van der Waals surface area contributed by atoms with E-state index in [0.29, 0.717) is 25.8 Å². The van der Waals surface area contributed by atoms with Crippen LogP contribution in [-0.4, -0.2) is 59.5 Å².